The van der Waals surface area contributed by atoms with E-state index in [0.717, 1.165) is 0 Å². The van der Waals surface area contributed by atoms with Crippen LogP contribution in [0.1, 0.15) is 12.1 Å². The van der Waals surface area contributed by atoms with Gasteiger partial charge >= 0.3 is 5.97 Å². The highest BCUT2D eigenvalue weighted by Crippen LogP contribution is 2.29. The molecule has 2 N–H and O–H groups in total. The number of rotatable bonds is 5. The van der Waals surface area contributed by atoms with E-state index in [1.54, 1.807) is 17.5 Å². The second-order valence-electron chi connectivity index (χ2n) is 3.76. The fraction of sp³-hybridized carbons (Fsp3) is 0.167. The Kier molecular flexibility index (Phi) is 4.49. The molecule has 0 fully saturated rings. The van der Waals surface area contributed by atoms with Crippen molar-refractivity contribution in [1.82, 2.24) is 4.98 Å². The summed E-state index contributed by atoms with van der Waals surface area (Å²) in [7, 11) is 0. The predicted octanol–water partition coefficient (Wildman–Crippen LogP) is 3.81. The minimum absolute atomic E-state index is 0.0343. The molecule has 0 aliphatic carbocycles. The molecule has 0 unspecified atom stereocenters. The third-order valence-corrected chi connectivity index (χ3v) is 3.81. The average molecular weight is 345 g/mol. The van der Waals surface area contributed by atoms with Crippen LogP contribution in [0, 0.1) is 5.82 Å². The van der Waals surface area contributed by atoms with Gasteiger partial charge in [0.2, 0.25) is 0 Å². The Labute approximate surface area is 121 Å². The molecule has 1 heterocycles. The van der Waals surface area contributed by atoms with E-state index in [4.69, 9.17) is 5.11 Å². The zero-order valence-electron chi connectivity index (χ0n) is 9.69. The van der Waals surface area contributed by atoms with Gasteiger partial charge in [0, 0.05) is 16.3 Å². The molecular formula is C12H10BrFN2O2S. The summed E-state index contributed by atoms with van der Waals surface area (Å²) in [5.41, 5.74) is 1.00. The van der Waals surface area contributed by atoms with Crippen LogP contribution in [0.15, 0.2) is 28.1 Å². The lowest BCUT2D eigenvalue weighted by Gasteiger charge is -2.06. The largest absolute Gasteiger partial charge is 0.481 e. The molecule has 0 saturated heterocycles. The first-order valence-corrected chi connectivity index (χ1v) is 7.11. The predicted molar refractivity (Wildman–Crippen MR) is 75.5 cm³/mol. The van der Waals surface area contributed by atoms with Gasteiger partial charge in [-0.3, -0.25) is 4.79 Å². The normalized spacial score (nSPS) is 10.4. The average Bonchev–Trinajstić information content (AvgIpc) is 2.79. The summed E-state index contributed by atoms with van der Waals surface area (Å²) >= 11 is 4.57. The number of carboxylic acids is 1. The van der Waals surface area contributed by atoms with Crippen molar-refractivity contribution in [3.63, 3.8) is 0 Å². The second kappa shape index (κ2) is 6.12. The van der Waals surface area contributed by atoms with Crippen molar-refractivity contribution in [1.29, 1.82) is 0 Å². The highest BCUT2D eigenvalue weighted by molar-refractivity contribution is 9.10. The molecule has 0 bridgehead atoms. The van der Waals surface area contributed by atoms with Crippen LogP contribution in [-0.4, -0.2) is 16.1 Å². The molecule has 2 aromatic rings. The molecular weight excluding hydrogens is 335 g/mol. The molecule has 1 aromatic heterocycles. The summed E-state index contributed by atoms with van der Waals surface area (Å²) in [6, 6.07) is 4.68. The zero-order chi connectivity index (χ0) is 13.8. The number of aliphatic carboxylic acids is 1. The van der Waals surface area contributed by atoms with Crippen LogP contribution < -0.4 is 5.32 Å². The maximum absolute atomic E-state index is 13.6. The quantitative estimate of drug-likeness (QED) is 0.865. The van der Waals surface area contributed by atoms with E-state index in [1.807, 2.05) is 0 Å². The van der Waals surface area contributed by atoms with Crippen LogP contribution >= 0.6 is 27.3 Å². The fourth-order valence-electron chi connectivity index (χ4n) is 1.44. The van der Waals surface area contributed by atoms with E-state index in [-0.39, 0.29) is 12.2 Å². The van der Waals surface area contributed by atoms with Crippen LogP contribution in [0.5, 0.6) is 0 Å². The van der Waals surface area contributed by atoms with Crippen LogP contribution in [0.2, 0.25) is 0 Å². The van der Waals surface area contributed by atoms with Crippen molar-refractivity contribution in [2.45, 2.75) is 12.8 Å². The first kappa shape index (κ1) is 14.0. The van der Waals surface area contributed by atoms with E-state index in [2.05, 4.69) is 26.2 Å². The van der Waals surface area contributed by atoms with Gasteiger partial charge in [-0.1, -0.05) is 6.07 Å². The van der Waals surface area contributed by atoms with Crippen LogP contribution in [0.4, 0.5) is 15.2 Å². The number of thiazole rings is 1. The van der Waals surface area contributed by atoms with Crippen molar-refractivity contribution >= 4 is 44.1 Å². The van der Waals surface area contributed by atoms with Crippen molar-refractivity contribution < 1.29 is 14.3 Å². The molecule has 0 aliphatic heterocycles. The molecule has 0 amide bonds. The lowest BCUT2D eigenvalue weighted by Crippen LogP contribution is -1.98. The van der Waals surface area contributed by atoms with Crippen molar-refractivity contribution in [3.05, 3.63) is 39.6 Å². The summed E-state index contributed by atoms with van der Waals surface area (Å²) in [4.78, 5) is 14.7. The second-order valence-corrected chi connectivity index (χ2v) is 5.47. The SMILES string of the molecule is O=C(O)CCc1csc(Nc2c(F)cccc2Br)n1. The molecule has 100 valence electrons. The van der Waals surface area contributed by atoms with Gasteiger partial charge in [-0.15, -0.1) is 11.3 Å². The van der Waals surface area contributed by atoms with E-state index < -0.39 is 5.97 Å². The van der Waals surface area contributed by atoms with Crippen LogP contribution in [0.3, 0.4) is 0 Å². The Bertz CT molecular complexity index is 583. The number of aromatic nitrogens is 1. The van der Waals surface area contributed by atoms with Crippen molar-refractivity contribution in [2.75, 3.05) is 5.32 Å². The Hall–Kier alpha value is -1.47. The van der Waals surface area contributed by atoms with Crippen LogP contribution in [0.25, 0.3) is 0 Å². The number of hydrogen-bond acceptors (Lipinski definition) is 4. The highest BCUT2D eigenvalue weighted by atomic mass is 79.9. The summed E-state index contributed by atoms with van der Waals surface area (Å²) in [6.07, 6.45) is 0.401. The number of halogens is 2. The highest BCUT2D eigenvalue weighted by Gasteiger charge is 2.09. The molecule has 0 spiro atoms. The lowest BCUT2D eigenvalue weighted by atomic mass is 10.2. The molecule has 4 nitrogen and oxygen atoms in total. The summed E-state index contributed by atoms with van der Waals surface area (Å²) in [6.45, 7) is 0. The number of hydrogen-bond donors (Lipinski definition) is 2. The molecule has 1 aromatic carbocycles. The minimum atomic E-state index is -0.862. The Morgan fingerprint density at radius 3 is 3.00 bits per heavy atom. The molecule has 2 rings (SSSR count). The van der Waals surface area contributed by atoms with Gasteiger partial charge in [-0.25, -0.2) is 9.37 Å². The maximum atomic E-state index is 13.6. The van der Waals surface area contributed by atoms with E-state index in [0.29, 0.717) is 27.4 Å². The number of carbonyl (C=O) groups is 1. The fourth-order valence-corrected chi connectivity index (χ4v) is 2.63. The number of aryl methyl sites for hydroxylation is 1. The van der Waals surface area contributed by atoms with Gasteiger partial charge in [0.25, 0.3) is 0 Å². The van der Waals surface area contributed by atoms with Crippen molar-refractivity contribution in [2.24, 2.45) is 0 Å². The number of anilines is 2. The van der Waals surface area contributed by atoms with Crippen molar-refractivity contribution in [3.8, 4) is 0 Å². The number of benzene rings is 1. The number of carboxylic acid groups (broad SMARTS) is 1. The van der Waals surface area contributed by atoms with Gasteiger partial charge in [0.1, 0.15) is 5.82 Å². The minimum Gasteiger partial charge on any atom is -0.481 e. The number of nitrogens with zero attached hydrogens (tertiary/aromatic N) is 1. The smallest absolute Gasteiger partial charge is 0.303 e. The number of para-hydroxylation sites is 1. The number of nitrogens with one attached hydrogen (secondary N) is 1. The van der Waals surface area contributed by atoms with Gasteiger partial charge in [0.15, 0.2) is 5.13 Å². The topological polar surface area (TPSA) is 62.2 Å². The Balaban J connectivity index is 2.09. The lowest BCUT2D eigenvalue weighted by molar-refractivity contribution is -0.136. The monoisotopic (exact) mass is 344 g/mol. The Morgan fingerprint density at radius 1 is 1.53 bits per heavy atom. The molecule has 7 heteroatoms. The third kappa shape index (κ3) is 3.74. The molecule has 0 radical (unpaired) electrons. The van der Waals surface area contributed by atoms with Gasteiger partial charge in [0.05, 0.1) is 17.8 Å². The van der Waals surface area contributed by atoms with Gasteiger partial charge < -0.3 is 10.4 Å². The Morgan fingerprint density at radius 2 is 2.32 bits per heavy atom. The zero-order valence-corrected chi connectivity index (χ0v) is 12.1. The van der Waals surface area contributed by atoms with Gasteiger partial charge in [-0.05, 0) is 28.1 Å². The maximum Gasteiger partial charge on any atom is 0.303 e. The summed E-state index contributed by atoms with van der Waals surface area (Å²) in [5, 5.41) is 13.8. The van der Waals surface area contributed by atoms with E-state index in [1.165, 1.54) is 17.4 Å². The molecule has 0 saturated carbocycles. The van der Waals surface area contributed by atoms with Gasteiger partial charge in [-0.2, -0.15) is 0 Å². The summed E-state index contributed by atoms with van der Waals surface area (Å²) in [5.74, 6) is -1.24. The molecule has 0 aliphatic rings. The van der Waals surface area contributed by atoms with E-state index in [9.17, 15) is 9.18 Å². The first-order chi connectivity index (χ1) is 9.06. The first-order valence-electron chi connectivity index (χ1n) is 5.43. The third-order valence-electron chi connectivity index (χ3n) is 2.34. The molecule has 0 atom stereocenters. The van der Waals surface area contributed by atoms with Crippen LogP contribution in [-0.2, 0) is 11.2 Å². The summed E-state index contributed by atoms with van der Waals surface area (Å²) < 4.78 is 14.2. The standard InChI is InChI=1S/C12H10BrFN2O2S/c13-8-2-1-3-9(14)11(8)16-12-15-7(6-19-12)4-5-10(17)18/h1-3,6H,4-5H2,(H,15,16)(H,17,18). The molecule has 19 heavy (non-hydrogen) atoms. The van der Waals surface area contributed by atoms with E-state index >= 15 is 0 Å².